The molecule has 0 atom stereocenters. The number of aryl methyl sites for hydroxylation is 4. The second-order valence-corrected chi connectivity index (χ2v) is 31.1. The number of benzene rings is 6. The van der Waals surface area contributed by atoms with Crippen molar-refractivity contribution in [2.75, 3.05) is 26.4 Å². The molecule has 0 saturated heterocycles. The van der Waals surface area contributed by atoms with Crippen LogP contribution in [0.15, 0.2) is 143 Å². The molecule has 0 bridgehead atoms. The number of hydrogen-bond acceptors (Lipinski definition) is 24. The van der Waals surface area contributed by atoms with Crippen molar-refractivity contribution in [3.8, 4) is 67.5 Å². The molecule has 3 fully saturated rings. The van der Waals surface area contributed by atoms with E-state index in [2.05, 4.69) is 25.3 Å². The summed E-state index contributed by atoms with van der Waals surface area (Å²) >= 11 is 2.48. The first kappa shape index (κ1) is 79.1. The number of carbonyl (C=O) groups is 8. The zero-order valence-electron chi connectivity index (χ0n) is 63.3. The lowest BCUT2D eigenvalue weighted by Crippen LogP contribution is -2.30. The van der Waals surface area contributed by atoms with Crippen molar-refractivity contribution in [3.63, 3.8) is 0 Å². The van der Waals surface area contributed by atoms with Gasteiger partial charge in [-0.05, 0) is 275 Å². The molecule has 0 N–H and O–H groups in total. The lowest BCUT2D eigenvalue weighted by Gasteiger charge is -2.26. The Morgan fingerprint density at radius 2 is 0.670 bits per heavy atom. The van der Waals surface area contributed by atoms with Crippen LogP contribution in [0.25, 0.3) is 63.9 Å². The van der Waals surface area contributed by atoms with Crippen LogP contribution in [0.2, 0.25) is 0 Å². The molecule has 0 radical (unpaired) electrons. The summed E-state index contributed by atoms with van der Waals surface area (Å²) < 4.78 is 71.9. The minimum Gasteiger partial charge on any atom is -0.494 e. The van der Waals surface area contributed by atoms with Gasteiger partial charge in [-0.3, -0.25) is 28.8 Å². The van der Waals surface area contributed by atoms with Crippen LogP contribution in [0.4, 0.5) is 0 Å². The van der Waals surface area contributed by atoms with Gasteiger partial charge in [0.2, 0.25) is 0 Å². The van der Waals surface area contributed by atoms with Gasteiger partial charge in [-0.1, -0.05) is 25.3 Å². The number of furan rings is 2. The Morgan fingerprint density at radius 1 is 0.375 bits per heavy atom. The van der Waals surface area contributed by atoms with Gasteiger partial charge in [0.05, 0.1) is 61.9 Å². The molecule has 13 rings (SSSR count). The molecule has 0 spiro atoms. The van der Waals surface area contributed by atoms with E-state index in [-0.39, 0.29) is 34.9 Å². The molecule has 584 valence electrons. The third-order valence-corrected chi connectivity index (χ3v) is 23.1. The van der Waals surface area contributed by atoms with E-state index in [1.807, 2.05) is 52.0 Å². The van der Waals surface area contributed by atoms with E-state index in [0.29, 0.717) is 180 Å². The first-order valence-electron chi connectivity index (χ1n) is 38.5. The van der Waals surface area contributed by atoms with Crippen molar-refractivity contribution in [2.45, 2.75) is 156 Å². The van der Waals surface area contributed by atoms with Crippen LogP contribution >= 0.6 is 22.7 Å². The van der Waals surface area contributed by atoms with Crippen molar-refractivity contribution in [2.24, 2.45) is 35.5 Å². The fourth-order valence-electron chi connectivity index (χ4n) is 14.7. The van der Waals surface area contributed by atoms with Crippen molar-refractivity contribution < 1.29 is 94.6 Å². The number of thiazole rings is 2. The van der Waals surface area contributed by atoms with Gasteiger partial charge in [-0.25, -0.2) is 19.6 Å². The number of hydrogen-bond donors (Lipinski definition) is 0. The average Bonchev–Trinajstić information content (AvgIpc) is 1.62. The van der Waals surface area contributed by atoms with Crippen LogP contribution in [-0.2, 0) is 47.8 Å². The number of aromatic nitrogens is 2. The molecule has 0 aliphatic heterocycles. The molecule has 3 saturated carbocycles. The first-order valence-corrected chi connectivity index (χ1v) is 40.2. The lowest BCUT2D eigenvalue weighted by atomic mass is 9.82. The van der Waals surface area contributed by atoms with Crippen LogP contribution in [0.1, 0.15) is 151 Å². The molecule has 10 aromatic rings. The first-order chi connectivity index (χ1) is 54.3. The predicted octanol–water partition coefficient (Wildman–Crippen LogP) is 19.3. The molecule has 4 aromatic heterocycles. The molecule has 6 aromatic carbocycles. The molecule has 0 amide bonds. The Bertz CT molecular complexity index is 4800. The fraction of sp³-hybridized carbons (Fsp3) is 0.386. The number of unbranched alkanes of at least 4 members (excludes halogenated alkanes) is 6. The smallest absolute Gasteiger partial charge is 0.330 e. The molecule has 3 aliphatic rings. The standard InChI is InChI=1S/C88H90N2O20S2/c1-7-75(91)101-43-15-11-9-13-41-99-61-29-33-63(34-30-61)103-83(93)55-17-21-57(22-18-55)85(95)107-67-37-39-69(79-77(67)89-81(111-79)73-49-65-53(5)45-51(3)47-71(65)105-73)109-87(97)59-25-27-60(28-26-59)88(98)110-70-40-38-68(78-80(70)112-82(90-78)74-50-66-54(6)46-52(4)48-72(66)106-74)108-86(96)58-23-19-56(20-24-58)84(94)104-64-35-31-62(32-36-64)100-42-14-10-12-16-44-102-76(92)8-2/h7-8,29-40,45-50,55-60H,1-2,9-28,41-44H2,3-6H3. The second-order valence-electron chi connectivity index (χ2n) is 29.1. The maximum absolute atomic E-state index is 14.4. The molecule has 3 aliphatic carbocycles. The Hall–Kier alpha value is -11.0. The minimum atomic E-state index is -0.572. The number of carbonyl (C=O) groups excluding carboxylic acids is 8. The molecule has 112 heavy (non-hydrogen) atoms. The highest BCUT2D eigenvalue weighted by atomic mass is 32.1. The highest BCUT2D eigenvalue weighted by molar-refractivity contribution is 7.22. The highest BCUT2D eigenvalue weighted by Gasteiger charge is 2.37. The Balaban J connectivity index is 0.618. The monoisotopic (exact) mass is 1560 g/mol. The van der Waals surface area contributed by atoms with Crippen LogP contribution < -0.4 is 37.9 Å². The van der Waals surface area contributed by atoms with Gasteiger partial charge in [0.15, 0.2) is 44.5 Å². The summed E-state index contributed by atoms with van der Waals surface area (Å²) in [4.78, 5) is 116. The van der Waals surface area contributed by atoms with E-state index >= 15 is 0 Å². The number of rotatable bonds is 32. The SMILES string of the molecule is C=CC(=O)OCCCCCCOc1ccc(OC(=O)C2CCC(C(=O)Oc3ccc(OC(=O)C4CCC(C(=O)Oc5ccc(OC(=O)C6CCC(C(=O)Oc7ccc(OCCCCCCOC(=O)C=C)cc7)CC6)c6nc(-c7cc8c(C)cc(C)cc8o7)sc56)CC4)c4sc(-c5cc6c(C)cc(C)cc6o5)nc34)CC2)cc1. The number of ether oxygens (including phenoxy) is 10. The summed E-state index contributed by atoms with van der Waals surface area (Å²) in [6.45, 7) is 16.6. The Morgan fingerprint density at radius 3 is 1.00 bits per heavy atom. The summed E-state index contributed by atoms with van der Waals surface area (Å²) in [5, 5.41) is 2.79. The van der Waals surface area contributed by atoms with Gasteiger partial charge < -0.3 is 56.2 Å². The molecule has 0 unspecified atom stereocenters. The van der Waals surface area contributed by atoms with Gasteiger partial charge in [0.25, 0.3) is 0 Å². The van der Waals surface area contributed by atoms with E-state index in [1.54, 1.807) is 72.8 Å². The fourth-order valence-corrected chi connectivity index (χ4v) is 16.6. The topological polar surface area (TPSA) is 281 Å². The van der Waals surface area contributed by atoms with Gasteiger partial charge >= 0.3 is 47.8 Å². The lowest BCUT2D eigenvalue weighted by molar-refractivity contribution is -0.145. The molecule has 4 heterocycles. The predicted molar refractivity (Wildman–Crippen MR) is 422 cm³/mol. The zero-order chi connectivity index (χ0) is 78.4. The quantitative estimate of drug-likeness (QED) is 0.0164. The van der Waals surface area contributed by atoms with Gasteiger partial charge in [0, 0.05) is 22.9 Å². The van der Waals surface area contributed by atoms with Crippen molar-refractivity contribution >= 4 is 113 Å². The van der Waals surface area contributed by atoms with Crippen molar-refractivity contribution in [1.29, 1.82) is 0 Å². The maximum atomic E-state index is 14.4. The summed E-state index contributed by atoms with van der Waals surface area (Å²) in [7, 11) is 0. The van der Waals surface area contributed by atoms with Gasteiger partial charge in [0.1, 0.15) is 54.6 Å². The Kier molecular flexibility index (Phi) is 26.1. The maximum Gasteiger partial charge on any atom is 0.330 e. The van der Waals surface area contributed by atoms with Crippen molar-refractivity contribution in [1.82, 2.24) is 9.97 Å². The zero-order valence-corrected chi connectivity index (χ0v) is 64.9. The van der Waals surface area contributed by atoms with E-state index in [1.165, 1.54) is 22.7 Å². The van der Waals surface area contributed by atoms with Crippen LogP contribution in [-0.4, -0.2) is 84.1 Å². The second kappa shape index (κ2) is 36.9. The van der Waals surface area contributed by atoms with Gasteiger partial charge in [-0.2, -0.15) is 0 Å². The minimum absolute atomic E-state index is 0.177. The Labute approximate surface area is 656 Å². The summed E-state index contributed by atoms with van der Waals surface area (Å²) in [6.07, 6.45) is 13.7. The van der Waals surface area contributed by atoms with Crippen LogP contribution in [0.5, 0.6) is 46.0 Å². The van der Waals surface area contributed by atoms with Crippen molar-refractivity contribution in [3.05, 3.63) is 157 Å². The largest absolute Gasteiger partial charge is 0.494 e. The molecular weight excluding hydrogens is 1470 g/mol. The summed E-state index contributed by atoms with van der Waals surface area (Å²) in [5.41, 5.74) is 6.10. The van der Waals surface area contributed by atoms with E-state index < -0.39 is 71.3 Å². The third kappa shape index (κ3) is 19.8. The number of fused-ring (bicyclic) bond motifs is 4. The highest BCUT2D eigenvalue weighted by Crippen LogP contribution is 2.47. The van der Waals surface area contributed by atoms with E-state index in [4.69, 9.17) is 66.2 Å². The summed E-state index contributed by atoms with van der Waals surface area (Å²) in [6, 6.07) is 32.1. The van der Waals surface area contributed by atoms with Crippen LogP contribution in [0.3, 0.4) is 0 Å². The molecular formula is C88H90N2O20S2. The average molecular weight is 1560 g/mol. The molecule has 22 nitrogen and oxygen atoms in total. The van der Waals surface area contributed by atoms with E-state index in [9.17, 15) is 38.4 Å². The number of nitrogens with zero attached hydrogens (tertiary/aromatic N) is 2. The molecule has 24 heteroatoms. The van der Waals surface area contributed by atoms with Gasteiger partial charge in [-0.15, -0.1) is 22.7 Å². The van der Waals surface area contributed by atoms with E-state index in [0.717, 1.165) is 96.5 Å². The normalized spacial score (nSPS) is 17.6. The summed E-state index contributed by atoms with van der Waals surface area (Å²) in [5.74, 6) is -2.68. The number of esters is 8. The third-order valence-electron chi connectivity index (χ3n) is 20.9. The van der Waals surface area contributed by atoms with Crippen LogP contribution in [0, 0.1) is 63.2 Å².